The second kappa shape index (κ2) is 6.21. The number of amides is 1. The van der Waals surface area contributed by atoms with Gasteiger partial charge in [0.2, 0.25) is 11.8 Å². The molecular formula is C18H24N4O2S. The van der Waals surface area contributed by atoms with Gasteiger partial charge in [0, 0.05) is 16.8 Å². The highest BCUT2D eigenvalue weighted by Crippen LogP contribution is 2.47. The van der Waals surface area contributed by atoms with Crippen LogP contribution in [0.15, 0.2) is 6.33 Å². The van der Waals surface area contributed by atoms with Crippen LogP contribution in [0.3, 0.4) is 0 Å². The zero-order valence-corrected chi connectivity index (χ0v) is 15.3. The van der Waals surface area contributed by atoms with E-state index in [2.05, 4.69) is 16.9 Å². The summed E-state index contributed by atoms with van der Waals surface area (Å²) in [5.74, 6) is 0.559. The predicted molar refractivity (Wildman–Crippen MR) is 97.8 cm³/mol. The van der Waals surface area contributed by atoms with E-state index in [9.17, 15) is 4.79 Å². The molecule has 1 unspecified atom stereocenters. The van der Waals surface area contributed by atoms with Gasteiger partial charge in [0.25, 0.3) is 0 Å². The van der Waals surface area contributed by atoms with Crippen LogP contribution in [0.1, 0.15) is 61.8 Å². The zero-order valence-electron chi connectivity index (χ0n) is 14.5. The molecule has 1 fully saturated rings. The van der Waals surface area contributed by atoms with E-state index in [0.29, 0.717) is 12.3 Å². The van der Waals surface area contributed by atoms with E-state index in [-0.39, 0.29) is 23.5 Å². The predicted octanol–water partition coefficient (Wildman–Crippen LogP) is 2.64. The van der Waals surface area contributed by atoms with Crippen molar-refractivity contribution >= 4 is 27.5 Å². The summed E-state index contributed by atoms with van der Waals surface area (Å²) >= 11 is 1.69. The van der Waals surface area contributed by atoms with Crippen molar-refractivity contribution in [2.45, 2.75) is 69.4 Å². The molecule has 2 aliphatic carbocycles. The summed E-state index contributed by atoms with van der Waals surface area (Å²) < 4.78 is 6.28. The molecule has 0 bridgehead atoms. The Balaban J connectivity index is 1.65. The van der Waals surface area contributed by atoms with Gasteiger partial charge in [0.1, 0.15) is 17.3 Å². The number of hydrogen-bond donors (Lipinski definition) is 2. The van der Waals surface area contributed by atoms with Crippen LogP contribution in [0.2, 0.25) is 0 Å². The number of aromatic nitrogens is 2. The third-order valence-electron chi connectivity index (χ3n) is 5.50. The number of hydrogen-bond acceptors (Lipinski definition) is 6. The molecule has 0 saturated heterocycles. The van der Waals surface area contributed by atoms with E-state index in [1.165, 1.54) is 10.4 Å². The highest BCUT2D eigenvalue weighted by atomic mass is 32.1. The Labute approximate surface area is 151 Å². The van der Waals surface area contributed by atoms with Crippen LogP contribution in [-0.4, -0.2) is 27.5 Å². The fraction of sp³-hybridized carbons (Fsp3) is 0.611. The quantitative estimate of drug-likeness (QED) is 0.872. The van der Waals surface area contributed by atoms with Crippen molar-refractivity contribution in [3.8, 4) is 5.88 Å². The van der Waals surface area contributed by atoms with Crippen molar-refractivity contribution in [1.29, 1.82) is 0 Å². The van der Waals surface area contributed by atoms with Gasteiger partial charge in [-0.2, -0.15) is 0 Å². The SMILES string of the molecule is CC1(N)CCC(Oc2ncnc3sc4c(c23)C(CC(N)=O)CC4)CC1. The van der Waals surface area contributed by atoms with Gasteiger partial charge in [-0.25, -0.2) is 9.97 Å². The Bertz CT molecular complexity index is 807. The summed E-state index contributed by atoms with van der Waals surface area (Å²) in [6.45, 7) is 2.10. The number of carbonyl (C=O) groups is 1. The third-order valence-corrected chi connectivity index (χ3v) is 6.67. The molecule has 1 saturated carbocycles. The molecule has 1 amide bonds. The first-order valence-electron chi connectivity index (χ1n) is 8.93. The Morgan fingerprint density at radius 3 is 2.84 bits per heavy atom. The van der Waals surface area contributed by atoms with Crippen LogP contribution in [0.4, 0.5) is 0 Å². The Morgan fingerprint density at radius 2 is 2.12 bits per heavy atom. The third kappa shape index (κ3) is 3.22. The fourth-order valence-electron chi connectivity index (χ4n) is 4.10. The lowest BCUT2D eigenvalue weighted by Crippen LogP contribution is -2.42. The summed E-state index contributed by atoms with van der Waals surface area (Å²) in [6, 6.07) is 0. The van der Waals surface area contributed by atoms with Crippen LogP contribution in [0, 0.1) is 0 Å². The number of fused-ring (bicyclic) bond motifs is 3. The molecule has 0 radical (unpaired) electrons. The monoisotopic (exact) mass is 360 g/mol. The van der Waals surface area contributed by atoms with Crippen molar-refractivity contribution in [3.05, 3.63) is 16.8 Å². The smallest absolute Gasteiger partial charge is 0.225 e. The molecular weight excluding hydrogens is 336 g/mol. The van der Waals surface area contributed by atoms with E-state index in [4.69, 9.17) is 16.2 Å². The molecule has 2 aromatic rings. The van der Waals surface area contributed by atoms with Crippen molar-refractivity contribution in [3.63, 3.8) is 0 Å². The number of aryl methyl sites for hydroxylation is 1. The minimum absolute atomic E-state index is 0.0862. The van der Waals surface area contributed by atoms with E-state index in [0.717, 1.165) is 48.7 Å². The van der Waals surface area contributed by atoms with E-state index in [1.54, 1.807) is 17.7 Å². The molecule has 2 aliphatic rings. The first-order valence-corrected chi connectivity index (χ1v) is 9.75. The van der Waals surface area contributed by atoms with Crippen LogP contribution in [0.25, 0.3) is 10.2 Å². The number of primary amides is 1. The van der Waals surface area contributed by atoms with Gasteiger partial charge in [0.05, 0.1) is 5.39 Å². The van der Waals surface area contributed by atoms with Gasteiger partial charge < -0.3 is 16.2 Å². The van der Waals surface area contributed by atoms with Crippen LogP contribution < -0.4 is 16.2 Å². The minimum atomic E-state index is -0.258. The van der Waals surface area contributed by atoms with Gasteiger partial charge in [-0.3, -0.25) is 4.79 Å². The minimum Gasteiger partial charge on any atom is -0.474 e. The molecule has 1 atom stereocenters. The molecule has 0 aromatic carbocycles. The van der Waals surface area contributed by atoms with Crippen molar-refractivity contribution in [2.75, 3.05) is 0 Å². The van der Waals surface area contributed by atoms with Crippen LogP contribution in [0.5, 0.6) is 5.88 Å². The van der Waals surface area contributed by atoms with Crippen LogP contribution in [-0.2, 0) is 11.2 Å². The molecule has 2 heterocycles. The largest absolute Gasteiger partial charge is 0.474 e. The number of nitrogens with zero attached hydrogens (tertiary/aromatic N) is 2. The van der Waals surface area contributed by atoms with Gasteiger partial charge in [-0.1, -0.05) is 0 Å². The lowest BCUT2D eigenvalue weighted by molar-refractivity contribution is -0.118. The van der Waals surface area contributed by atoms with Crippen molar-refractivity contribution in [2.24, 2.45) is 11.5 Å². The molecule has 7 heteroatoms. The Morgan fingerprint density at radius 1 is 1.36 bits per heavy atom. The number of carbonyl (C=O) groups excluding carboxylic acids is 1. The Kier molecular flexibility index (Phi) is 4.16. The second-order valence-corrected chi connectivity index (χ2v) is 8.76. The molecule has 0 spiro atoms. The normalized spacial score (nSPS) is 28.9. The average molecular weight is 360 g/mol. The molecule has 4 N–H and O–H groups in total. The number of rotatable bonds is 4. The first kappa shape index (κ1) is 16.7. The maximum Gasteiger partial charge on any atom is 0.225 e. The zero-order chi connectivity index (χ0) is 17.6. The van der Waals surface area contributed by atoms with Crippen molar-refractivity contribution < 1.29 is 9.53 Å². The molecule has 134 valence electrons. The summed E-state index contributed by atoms with van der Waals surface area (Å²) in [5, 5.41) is 0.993. The lowest BCUT2D eigenvalue weighted by atomic mass is 9.83. The highest BCUT2D eigenvalue weighted by molar-refractivity contribution is 7.19. The standard InChI is InChI=1S/C18H24N4O2S/c1-18(20)6-4-11(5-7-18)24-16-15-14-10(8-13(19)23)2-3-12(14)25-17(15)22-9-21-16/h9-11H,2-8,20H2,1H3,(H2,19,23). The van der Waals surface area contributed by atoms with Gasteiger partial charge in [-0.05, 0) is 56.9 Å². The van der Waals surface area contributed by atoms with Crippen LogP contribution >= 0.6 is 11.3 Å². The second-order valence-electron chi connectivity index (χ2n) is 7.68. The summed E-state index contributed by atoms with van der Waals surface area (Å²) in [6.07, 6.45) is 7.82. The lowest BCUT2D eigenvalue weighted by Gasteiger charge is -2.34. The average Bonchev–Trinajstić information content (AvgIpc) is 3.09. The van der Waals surface area contributed by atoms with Gasteiger partial charge >= 0.3 is 0 Å². The van der Waals surface area contributed by atoms with Gasteiger partial charge in [-0.15, -0.1) is 11.3 Å². The molecule has 25 heavy (non-hydrogen) atoms. The fourth-order valence-corrected chi connectivity index (χ4v) is 5.33. The molecule has 0 aliphatic heterocycles. The summed E-state index contributed by atoms with van der Waals surface area (Å²) in [5.41, 5.74) is 12.8. The Hall–Kier alpha value is -1.73. The highest BCUT2D eigenvalue weighted by Gasteiger charge is 2.33. The topological polar surface area (TPSA) is 104 Å². The molecule has 6 nitrogen and oxygen atoms in total. The maximum absolute atomic E-state index is 11.4. The van der Waals surface area contributed by atoms with Crippen molar-refractivity contribution in [1.82, 2.24) is 9.97 Å². The molecule has 2 aromatic heterocycles. The summed E-state index contributed by atoms with van der Waals surface area (Å²) in [7, 11) is 0. The summed E-state index contributed by atoms with van der Waals surface area (Å²) in [4.78, 5) is 22.5. The number of ether oxygens (including phenoxy) is 1. The molecule has 4 rings (SSSR count). The van der Waals surface area contributed by atoms with E-state index in [1.807, 2.05) is 0 Å². The number of thiophene rings is 1. The van der Waals surface area contributed by atoms with E-state index < -0.39 is 0 Å². The number of nitrogens with two attached hydrogens (primary N) is 2. The first-order chi connectivity index (χ1) is 11.9. The van der Waals surface area contributed by atoms with Gasteiger partial charge in [0.15, 0.2) is 0 Å². The van der Waals surface area contributed by atoms with E-state index >= 15 is 0 Å². The maximum atomic E-state index is 11.4.